The zero-order chi connectivity index (χ0) is 11.5. The summed E-state index contributed by atoms with van der Waals surface area (Å²) in [5.41, 5.74) is -0.287. The Morgan fingerprint density at radius 2 is 2.27 bits per heavy atom. The molecule has 15 heavy (non-hydrogen) atoms. The topological polar surface area (TPSA) is 50.1 Å². The number of imidazole rings is 1. The minimum Gasteiger partial charge on any atom is -0.392 e. The number of nitrogens with one attached hydrogen (secondary N) is 1. The van der Waals surface area contributed by atoms with Crippen LogP contribution in [0.15, 0.2) is 12.4 Å². The van der Waals surface area contributed by atoms with Gasteiger partial charge in [-0.15, -0.1) is 0 Å². The molecule has 0 aromatic carbocycles. The lowest BCUT2D eigenvalue weighted by Crippen LogP contribution is -2.48. The van der Waals surface area contributed by atoms with Crippen molar-refractivity contribution in [1.82, 2.24) is 14.9 Å². The Bertz CT molecular complexity index is 305. The van der Waals surface area contributed by atoms with Gasteiger partial charge in [-0.3, -0.25) is 0 Å². The van der Waals surface area contributed by atoms with Crippen molar-refractivity contribution in [3.05, 3.63) is 18.2 Å². The van der Waals surface area contributed by atoms with Crippen LogP contribution in [0.4, 0.5) is 0 Å². The standard InChI is InChI=1S/C11H21N3O/c1-5-14-7-6-12-10(14)8-13-11(3,4)9(2)15/h6-7,9,13,15H,5,8H2,1-4H3. The second-order valence-corrected chi connectivity index (χ2v) is 4.38. The molecule has 4 nitrogen and oxygen atoms in total. The van der Waals surface area contributed by atoms with Gasteiger partial charge < -0.3 is 15.0 Å². The number of aromatic nitrogens is 2. The maximum atomic E-state index is 9.55. The lowest BCUT2D eigenvalue weighted by atomic mass is 9.99. The van der Waals surface area contributed by atoms with Gasteiger partial charge in [-0.2, -0.15) is 0 Å². The Hall–Kier alpha value is -0.870. The van der Waals surface area contributed by atoms with E-state index in [1.807, 2.05) is 20.0 Å². The van der Waals surface area contributed by atoms with E-state index in [1.54, 1.807) is 13.1 Å². The molecule has 86 valence electrons. The van der Waals surface area contributed by atoms with Gasteiger partial charge in [0.1, 0.15) is 5.82 Å². The van der Waals surface area contributed by atoms with Gasteiger partial charge in [-0.05, 0) is 27.7 Å². The third kappa shape index (κ3) is 3.04. The van der Waals surface area contributed by atoms with Crippen LogP contribution >= 0.6 is 0 Å². The van der Waals surface area contributed by atoms with Crippen molar-refractivity contribution < 1.29 is 5.11 Å². The molecule has 0 aliphatic carbocycles. The minimum absolute atomic E-state index is 0.287. The number of nitrogens with zero attached hydrogens (tertiary/aromatic N) is 2. The fourth-order valence-electron chi connectivity index (χ4n) is 1.25. The van der Waals surface area contributed by atoms with Crippen LogP contribution in [0, 0.1) is 0 Å². The minimum atomic E-state index is -0.387. The van der Waals surface area contributed by atoms with Crippen LogP contribution in [0.5, 0.6) is 0 Å². The van der Waals surface area contributed by atoms with Crippen LogP contribution in [0.1, 0.15) is 33.5 Å². The number of hydrogen-bond acceptors (Lipinski definition) is 3. The van der Waals surface area contributed by atoms with Crippen LogP contribution in [-0.2, 0) is 13.1 Å². The predicted molar refractivity (Wildman–Crippen MR) is 60.5 cm³/mol. The molecule has 1 atom stereocenters. The lowest BCUT2D eigenvalue weighted by Gasteiger charge is -2.29. The number of rotatable bonds is 5. The molecule has 0 aliphatic rings. The molecule has 0 bridgehead atoms. The van der Waals surface area contributed by atoms with Crippen molar-refractivity contribution in [2.45, 2.75) is 52.4 Å². The Balaban J connectivity index is 2.57. The molecule has 0 saturated carbocycles. The fourth-order valence-corrected chi connectivity index (χ4v) is 1.25. The molecule has 1 aromatic rings. The van der Waals surface area contributed by atoms with Gasteiger partial charge in [0, 0.05) is 24.5 Å². The van der Waals surface area contributed by atoms with E-state index in [0.717, 1.165) is 12.4 Å². The molecule has 0 saturated heterocycles. The summed E-state index contributed by atoms with van der Waals surface area (Å²) >= 11 is 0. The van der Waals surface area contributed by atoms with E-state index < -0.39 is 0 Å². The highest BCUT2D eigenvalue weighted by atomic mass is 16.3. The SMILES string of the molecule is CCn1ccnc1CNC(C)(C)C(C)O. The third-order valence-electron chi connectivity index (χ3n) is 2.89. The lowest BCUT2D eigenvalue weighted by molar-refractivity contribution is 0.0949. The molecule has 0 aliphatic heterocycles. The molecule has 0 spiro atoms. The van der Waals surface area contributed by atoms with E-state index in [-0.39, 0.29) is 11.6 Å². The summed E-state index contributed by atoms with van der Waals surface area (Å²) in [4.78, 5) is 4.27. The Labute approximate surface area is 91.3 Å². The summed E-state index contributed by atoms with van der Waals surface area (Å²) in [6.45, 7) is 9.45. The van der Waals surface area contributed by atoms with Gasteiger partial charge >= 0.3 is 0 Å². The van der Waals surface area contributed by atoms with Crippen LogP contribution in [0.2, 0.25) is 0 Å². The molecule has 1 rings (SSSR count). The summed E-state index contributed by atoms with van der Waals surface area (Å²) in [6.07, 6.45) is 3.38. The smallest absolute Gasteiger partial charge is 0.122 e. The van der Waals surface area contributed by atoms with Gasteiger partial charge in [0.15, 0.2) is 0 Å². The molecule has 4 heteroatoms. The normalized spacial score (nSPS) is 14.2. The van der Waals surface area contributed by atoms with Crippen molar-refractivity contribution in [2.75, 3.05) is 0 Å². The van der Waals surface area contributed by atoms with Gasteiger partial charge in [0.05, 0.1) is 12.6 Å². The zero-order valence-corrected chi connectivity index (χ0v) is 9.99. The number of aliphatic hydroxyl groups excluding tert-OH is 1. The summed E-state index contributed by atoms with van der Waals surface area (Å²) in [6, 6.07) is 0. The summed E-state index contributed by atoms with van der Waals surface area (Å²) < 4.78 is 2.09. The first-order valence-electron chi connectivity index (χ1n) is 5.40. The van der Waals surface area contributed by atoms with Gasteiger partial charge in [0.25, 0.3) is 0 Å². The monoisotopic (exact) mass is 211 g/mol. The van der Waals surface area contributed by atoms with Crippen molar-refractivity contribution in [1.29, 1.82) is 0 Å². The Morgan fingerprint density at radius 1 is 1.60 bits per heavy atom. The van der Waals surface area contributed by atoms with E-state index in [9.17, 15) is 5.11 Å². The second-order valence-electron chi connectivity index (χ2n) is 4.38. The molecule has 0 radical (unpaired) electrons. The summed E-state index contributed by atoms with van der Waals surface area (Å²) in [5, 5.41) is 12.8. The van der Waals surface area contributed by atoms with Crippen LogP contribution in [-0.4, -0.2) is 26.3 Å². The summed E-state index contributed by atoms with van der Waals surface area (Å²) in [5.74, 6) is 1.01. The first-order valence-corrected chi connectivity index (χ1v) is 5.40. The molecule has 2 N–H and O–H groups in total. The largest absolute Gasteiger partial charge is 0.392 e. The second kappa shape index (κ2) is 4.77. The Kier molecular flexibility index (Phi) is 3.88. The third-order valence-corrected chi connectivity index (χ3v) is 2.89. The molecule has 1 aromatic heterocycles. The predicted octanol–water partition coefficient (Wildman–Crippen LogP) is 1.15. The van der Waals surface area contributed by atoms with E-state index in [4.69, 9.17) is 0 Å². The Morgan fingerprint density at radius 3 is 2.80 bits per heavy atom. The average Bonchev–Trinajstić information content (AvgIpc) is 2.61. The number of hydrogen-bond donors (Lipinski definition) is 2. The van der Waals surface area contributed by atoms with E-state index >= 15 is 0 Å². The number of aryl methyl sites for hydroxylation is 1. The molecule has 0 amide bonds. The van der Waals surface area contributed by atoms with Crippen molar-refractivity contribution >= 4 is 0 Å². The fraction of sp³-hybridized carbons (Fsp3) is 0.727. The molecular formula is C11H21N3O. The van der Waals surface area contributed by atoms with Gasteiger partial charge in [-0.1, -0.05) is 0 Å². The van der Waals surface area contributed by atoms with Crippen LogP contribution in [0.25, 0.3) is 0 Å². The van der Waals surface area contributed by atoms with Crippen molar-refractivity contribution in [2.24, 2.45) is 0 Å². The van der Waals surface area contributed by atoms with Gasteiger partial charge in [0.2, 0.25) is 0 Å². The first-order chi connectivity index (χ1) is 6.97. The average molecular weight is 211 g/mol. The maximum absolute atomic E-state index is 9.55. The number of aliphatic hydroxyl groups is 1. The van der Waals surface area contributed by atoms with Gasteiger partial charge in [-0.25, -0.2) is 4.98 Å². The zero-order valence-electron chi connectivity index (χ0n) is 9.99. The van der Waals surface area contributed by atoms with E-state index in [2.05, 4.69) is 21.8 Å². The highest BCUT2D eigenvalue weighted by Crippen LogP contribution is 2.09. The molecular weight excluding hydrogens is 190 g/mol. The van der Waals surface area contributed by atoms with Crippen molar-refractivity contribution in [3.8, 4) is 0 Å². The van der Waals surface area contributed by atoms with E-state index in [1.165, 1.54) is 0 Å². The summed E-state index contributed by atoms with van der Waals surface area (Å²) in [7, 11) is 0. The quantitative estimate of drug-likeness (QED) is 0.768. The van der Waals surface area contributed by atoms with E-state index in [0.29, 0.717) is 6.54 Å². The highest BCUT2D eigenvalue weighted by molar-refractivity contribution is 4.94. The first kappa shape index (κ1) is 12.2. The highest BCUT2D eigenvalue weighted by Gasteiger charge is 2.23. The molecule has 1 heterocycles. The van der Waals surface area contributed by atoms with Crippen LogP contribution < -0.4 is 5.32 Å². The van der Waals surface area contributed by atoms with Crippen molar-refractivity contribution in [3.63, 3.8) is 0 Å². The molecule has 1 unspecified atom stereocenters. The maximum Gasteiger partial charge on any atom is 0.122 e. The molecule has 0 fully saturated rings. The van der Waals surface area contributed by atoms with Crippen LogP contribution in [0.3, 0.4) is 0 Å².